The van der Waals surface area contributed by atoms with Gasteiger partial charge in [0.1, 0.15) is 0 Å². The maximum absolute atomic E-state index is 13.7. The van der Waals surface area contributed by atoms with Crippen LogP contribution in [0.5, 0.6) is 0 Å². The zero-order valence-electron chi connectivity index (χ0n) is 16.7. The Hall–Kier alpha value is -2.60. The van der Waals surface area contributed by atoms with Crippen molar-refractivity contribution >= 4 is 15.7 Å². The summed E-state index contributed by atoms with van der Waals surface area (Å²) in [6.45, 7) is 6.50. The molecule has 0 radical (unpaired) electrons. The number of aryl methyl sites for hydroxylation is 3. The summed E-state index contributed by atoms with van der Waals surface area (Å²) >= 11 is 0. The van der Waals surface area contributed by atoms with Gasteiger partial charge < -0.3 is 0 Å². The zero-order chi connectivity index (χ0) is 20.1. The number of nitrogens with zero attached hydrogens (tertiary/aromatic N) is 3. The summed E-state index contributed by atoms with van der Waals surface area (Å²) in [6.07, 6.45) is 4.46. The van der Waals surface area contributed by atoms with Gasteiger partial charge in [-0.15, -0.1) is 0 Å². The fraction of sp³-hybridized carbons (Fsp3) is 0.318. The van der Waals surface area contributed by atoms with Gasteiger partial charge in [0, 0.05) is 25.4 Å². The molecular formula is C22H25N3O2S. The average molecular weight is 396 g/mol. The van der Waals surface area contributed by atoms with Crippen molar-refractivity contribution < 1.29 is 8.42 Å². The summed E-state index contributed by atoms with van der Waals surface area (Å²) in [5.74, 6) is 0.351. The van der Waals surface area contributed by atoms with Gasteiger partial charge in [0.25, 0.3) is 10.0 Å². The van der Waals surface area contributed by atoms with Crippen LogP contribution in [0.3, 0.4) is 0 Å². The number of anilines is 1. The van der Waals surface area contributed by atoms with E-state index in [1.54, 1.807) is 21.3 Å². The highest BCUT2D eigenvalue weighted by Gasteiger charge is 2.33. The van der Waals surface area contributed by atoms with Crippen LogP contribution in [0.4, 0.5) is 5.69 Å². The van der Waals surface area contributed by atoms with Crippen molar-refractivity contribution in [1.29, 1.82) is 0 Å². The van der Waals surface area contributed by atoms with Crippen LogP contribution in [0, 0.1) is 13.8 Å². The van der Waals surface area contributed by atoms with Gasteiger partial charge in [-0.1, -0.05) is 37.3 Å². The molecule has 2 aromatic carbocycles. The highest BCUT2D eigenvalue weighted by molar-refractivity contribution is 7.93. The summed E-state index contributed by atoms with van der Waals surface area (Å²) in [6, 6.07) is 11.6. The van der Waals surface area contributed by atoms with Gasteiger partial charge in [-0.25, -0.2) is 8.42 Å². The van der Waals surface area contributed by atoms with Crippen LogP contribution in [0.2, 0.25) is 0 Å². The number of para-hydroxylation sites is 1. The number of sulfonamides is 1. The third-order valence-corrected chi connectivity index (χ3v) is 7.55. The van der Waals surface area contributed by atoms with Crippen LogP contribution in [0.1, 0.15) is 36.0 Å². The quantitative estimate of drug-likeness (QED) is 0.660. The van der Waals surface area contributed by atoms with Crippen molar-refractivity contribution in [3.05, 3.63) is 65.5 Å². The Bertz CT molecular complexity index is 1150. The molecule has 0 spiro atoms. The molecule has 2 heterocycles. The Morgan fingerprint density at radius 2 is 1.86 bits per heavy atom. The van der Waals surface area contributed by atoms with Crippen molar-refractivity contribution in [1.82, 2.24) is 9.78 Å². The molecule has 0 bridgehead atoms. The lowest BCUT2D eigenvalue weighted by Crippen LogP contribution is -2.37. The first kappa shape index (κ1) is 18.7. The predicted octanol–water partition coefficient (Wildman–Crippen LogP) is 4.41. The van der Waals surface area contributed by atoms with Gasteiger partial charge in [-0.05, 0) is 54.5 Å². The van der Waals surface area contributed by atoms with Gasteiger partial charge in [-0.2, -0.15) is 5.10 Å². The SMILES string of the molecule is Cc1ccc(-c2cnn(C)c2)cc1S(=O)(=O)N1CC[C@@H](C)c2cccc(C)c21. The van der Waals surface area contributed by atoms with E-state index in [4.69, 9.17) is 0 Å². The molecule has 0 saturated heterocycles. The van der Waals surface area contributed by atoms with Crippen LogP contribution in [-0.2, 0) is 17.1 Å². The number of hydrogen-bond donors (Lipinski definition) is 0. The molecule has 0 N–H and O–H groups in total. The van der Waals surface area contributed by atoms with E-state index in [2.05, 4.69) is 12.0 Å². The van der Waals surface area contributed by atoms with E-state index in [9.17, 15) is 8.42 Å². The van der Waals surface area contributed by atoms with Crippen LogP contribution >= 0.6 is 0 Å². The summed E-state index contributed by atoms with van der Waals surface area (Å²) in [5, 5.41) is 4.20. The van der Waals surface area contributed by atoms with E-state index >= 15 is 0 Å². The number of rotatable bonds is 3. The molecule has 3 aromatic rings. The minimum atomic E-state index is -3.67. The molecule has 146 valence electrons. The Morgan fingerprint density at radius 3 is 2.57 bits per heavy atom. The van der Waals surface area contributed by atoms with E-state index in [0.29, 0.717) is 17.4 Å². The molecule has 28 heavy (non-hydrogen) atoms. The molecular weight excluding hydrogens is 370 g/mol. The Morgan fingerprint density at radius 1 is 1.07 bits per heavy atom. The van der Waals surface area contributed by atoms with Gasteiger partial charge in [0.15, 0.2) is 0 Å². The number of fused-ring (bicyclic) bond motifs is 1. The maximum atomic E-state index is 13.7. The van der Waals surface area contributed by atoms with Crippen molar-refractivity contribution in [2.24, 2.45) is 7.05 Å². The summed E-state index contributed by atoms with van der Waals surface area (Å²) in [5.41, 5.74) is 5.45. The van der Waals surface area contributed by atoms with E-state index in [1.807, 2.05) is 57.4 Å². The predicted molar refractivity (Wildman–Crippen MR) is 112 cm³/mol. The smallest absolute Gasteiger partial charge is 0.264 e. The van der Waals surface area contributed by atoms with Crippen molar-refractivity contribution in [2.45, 2.75) is 38.0 Å². The Labute approximate surface area is 166 Å². The molecule has 1 aliphatic heterocycles. The normalized spacial score (nSPS) is 16.9. The molecule has 0 fully saturated rings. The number of aromatic nitrogens is 2. The zero-order valence-corrected chi connectivity index (χ0v) is 17.5. The van der Waals surface area contributed by atoms with Gasteiger partial charge in [0.2, 0.25) is 0 Å². The van der Waals surface area contributed by atoms with E-state index in [-0.39, 0.29) is 0 Å². The summed E-state index contributed by atoms with van der Waals surface area (Å²) < 4.78 is 30.8. The van der Waals surface area contributed by atoms with Gasteiger partial charge in [-0.3, -0.25) is 8.99 Å². The fourth-order valence-corrected chi connectivity index (χ4v) is 5.81. The molecule has 0 aliphatic carbocycles. The maximum Gasteiger partial charge on any atom is 0.264 e. The first-order valence-corrected chi connectivity index (χ1v) is 10.9. The lowest BCUT2D eigenvalue weighted by atomic mass is 9.91. The molecule has 0 amide bonds. The molecule has 1 aliphatic rings. The molecule has 0 saturated carbocycles. The largest absolute Gasteiger partial charge is 0.275 e. The van der Waals surface area contributed by atoms with Gasteiger partial charge >= 0.3 is 0 Å². The van der Waals surface area contributed by atoms with Crippen LogP contribution < -0.4 is 4.31 Å². The lowest BCUT2D eigenvalue weighted by molar-refractivity contribution is 0.577. The molecule has 4 rings (SSSR count). The summed E-state index contributed by atoms with van der Waals surface area (Å²) in [7, 11) is -1.82. The minimum absolute atomic E-state index is 0.351. The molecule has 1 atom stereocenters. The van der Waals surface area contributed by atoms with Crippen LogP contribution in [-0.4, -0.2) is 24.7 Å². The molecule has 5 nitrogen and oxygen atoms in total. The van der Waals surface area contributed by atoms with E-state index < -0.39 is 10.0 Å². The average Bonchev–Trinajstić information content (AvgIpc) is 3.09. The lowest BCUT2D eigenvalue weighted by Gasteiger charge is -2.35. The first-order chi connectivity index (χ1) is 13.3. The van der Waals surface area contributed by atoms with Crippen molar-refractivity contribution in [3.63, 3.8) is 0 Å². The van der Waals surface area contributed by atoms with Gasteiger partial charge in [0.05, 0.1) is 16.8 Å². The van der Waals surface area contributed by atoms with Crippen molar-refractivity contribution in [3.8, 4) is 11.1 Å². The molecule has 1 aromatic heterocycles. The summed E-state index contributed by atoms with van der Waals surface area (Å²) in [4.78, 5) is 0.359. The van der Waals surface area contributed by atoms with Crippen LogP contribution in [0.15, 0.2) is 53.7 Å². The fourth-order valence-electron chi connectivity index (χ4n) is 3.99. The molecule has 6 heteroatoms. The number of benzene rings is 2. The van der Waals surface area contributed by atoms with E-state index in [0.717, 1.165) is 39.9 Å². The molecule has 0 unspecified atom stereocenters. The monoisotopic (exact) mass is 395 g/mol. The first-order valence-electron chi connectivity index (χ1n) is 9.51. The second kappa shape index (κ2) is 6.78. The van der Waals surface area contributed by atoms with E-state index in [1.165, 1.54) is 0 Å². The minimum Gasteiger partial charge on any atom is -0.275 e. The van der Waals surface area contributed by atoms with Crippen LogP contribution in [0.25, 0.3) is 11.1 Å². The number of hydrogen-bond acceptors (Lipinski definition) is 3. The third-order valence-electron chi connectivity index (χ3n) is 5.61. The Balaban J connectivity index is 1.85. The van der Waals surface area contributed by atoms with Crippen molar-refractivity contribution in [2.75, 3.05) is 10.8 Å². The highest BCUT2D eigenvalue weighted by atomic mass is 32.2. The second-order valence-corrected chi connectivity index (χ2v) is 9.49. The highest BCUT2D eigenvalue weighted by Crippen LogP contribution is 2.40. The third kappa shape index (κ3) is 3.02. The second-order valence-electron chi connectivity index (χ2n) is 7.66. The Kier molecular flexibility index (Phi) is 4.54. The topological polar surface area (TPSA) is 55.2 Å². The standard InChI is InChI=1S/C22H25N3O2S/c1-15-10-11-25(22-17(3)6-5-7-20(15)22)28(26,27)21-12-18(9-8-16(21)2)19-13-23-24(4)14-19/h5-9,12-15H,10-11H2,1-4H3/t15-/m1/s1.